The Labute approximate surface area is 99.0 Å². The van der Waals surface area contributed by atoms with E-state index in [4.69, 9.17) is 4.74 Å². The lowest BCUT2D eigenvalue weighted by Gasteiger charge is -2.33. The van der Waals surface area contributed by atoms with E-state index < -0.39 is 0 Å². The van der Waals surface area contributed by atoms with Gasteiger partial charge >= 0.3 is 0 Å². The lowest BCUT2D eigenvalue weighted by molar-refractivity contribution is 0.0227. The van der Waals surface area contributed by atoms with E-state index >= 15 is 0 Å². The Morgan fingerprint density at radius 1 is 1.33 bits per heavy atom. The van der Waals surface area contributed by atoms with E-state index in [1.165, 1.54) is 32.5 Å². The zero-order valence-corrected chi connectivity index (χ0v) is 10.6. The maximum Gasteiger partial charge on any atom is 0.111 e. The van der Waals surface area contributed by atoms with Gasteiger partial charge in [0.1, 0.15) is 6.23 Å². The van der Waals surface area contributed by atoms with Crippen LogP contribution in [-0.4, -0.2) is 43.4 Å². The van der Waals surface area contributed by atoms with E-state index in [0.29, 0.717) is 12.3 Å². The second-order valence-corrected chi connectivity index (χ2v) is 4.59. The number of rotatable bonds is 2. The molecule has 3 nitrogen and oxygen atoms in total. The van der Waals surface area contributed by atoms with Gasteiger partial charge in [0.25, 0.3) is 0 Å². The molecule has 90 valence electrons. The van der Waals surface area contributed by atoms with Gasteiger partial charge in [-0.2, -0.15) is 0 Å². The van der Waals surface area contributed by atoms with Gasteiger partial charge in [-0.25, -0.2) is 0 Å². The molecule has 0 bridgehead atoms. The number of nitrogens with one attached hydrogen (secondary N) is 1. The predicted octanol–water partition coefficient (Wildman–Crippen LogP) is 1.47. The Kier molecular flexibility index (Phi) is 5.33. The van der Waals surface area contributed by atoms with Crippen molar-refractivity contribution < 1.29 is 4.74 Å². The number of hydrogen-bond acceptors (Lipinski definition) is 3. The molecule has 2 rings (SSSR count). The molecule has 0 aromatic rings. The highest BCUT2D eigenvalue weighted by molar-refractivity contribution is 5.85. The Balaban J connectivity index is 0.00000112. The number of ether oxygens (including phenoxy) is 1. The molecule has 2 aliphatic heterocycles. The Morgan fingerprint density at radius 2 is 2.00 bits per heavy atom. The molecule has 2 heterocycles. The van der Waals surface area contributed by atoms with Gasteiger partial charge in [-0.1, -0.05) is 6.92 Å². The first-order valence-electron chi connectivity index (χ1n) is 5.89. The molecule has 4 heteroatoms. The molecule has 1 N–H and O–H groups in total. The van der Waals surface area contributed by atoms with Crippen molar-refractivity contribution in [2.24, 2.45) is 5.92 Å². The molecular formula is C11H23ClN2O. The third kappa shape index (κ3) is 3.31. The number of nitrogens with zero attached hydrogens (tertiary/aromatic N) is 1. The largest absolute Gasteiger partial charge is 0.361 e. The minimum absolute atomic E-state index is 0. The molecule has 0 aliphatic carbocycles. The molecule has 0 saturated carbocycles. The summed E-state index contributed by atoms with van der Waals surface area (Å²) < 4.78 is 5.74. The zero-order valence-electron chi connectivity index (χ0n) is 9.74. The van der Waals surface area contributed by atoms with Crippen LogP contribution in [0.3, 0.4) is 0 Å². The first-order valence-corrected chi connectivity index (χ1v) is 5.89. The van der Waals surface area contributed by atoms with Crippen LogP contribution >= 0.6 is 12.4 Å². The highest BCUT2D eigenvalue weighted by Crippen LogP contribution is 2.23. The van der Waals surface area contributed by atoms with Gasteiger partial charge in [0.05, 0.1) is 6.61 Å². The minimum atomic E-state index is 0. The molecule has 2 atom stereocenters. The van der Waals surface area contributed by atoms with Crippen LogP contribution in [0.2, 0.25) is 0 Å². The highest BCUT2D eigenvalue weighted by Gasteiger charge is 2.31. The molecule has 15 heavy (non-hydrogen) atoms. The van der Waals surface area contributed by atoms with Crippen molar-refractivity contribution >= 4 is 12.4 Å². The maximum absolute atomic E-state index is 5.74. The van der Waals surface area contributed by atoms with Crippen LogP contribution in [0.4, 0.5) is 0 Å². The Hall–Kier alpha value is 0.170. The number of halogens is 1. The van der Waals surface area contributed by atoms with Gasteiger partial charge in [0.2, 0.25) is 0 Å². The van der Waals surface area contributed by atoms with Crippen molar-refractivity contribution in [3.63, 3.8) is 0 Å². The van der Waals surface area contributed by atoms with Crippen LogP contribution in [0.25, 0.3) is 0 Å². The highest BCUT2D eigenvalue weighted by atomic mass is 35.5. The third-order valence-corrected chi connectivity index (χ3v) is 3.48. The summed E-state index contributed by atoms with van der Waals surface area (Å²) in [6.45, 7) is 9.02. The summed E-state index contributed by atoms with van der Waals surface area (Å²) in [6.07, 6.45) is 2.92. The van der Waals surface area contributed by atoms with Crippen molar-refractivity contribution in [1.82, 2.24) is 10.2 Å². The normalized spacial score (nSPS) is 34.0. The SMILES string of the molecule is CCN1CCC(C2NC(C)CO2)CC1.Cl. The summed E-state index contributed by atoms with van der Waals surface area (Å²) in [7, 11) is 0. The van der Waals surface area contributed by atoms with Gasteiger partial charge < -0.3 is 9.64 Å². The minimum Gasteiger partial charge on any atom is -0.361 e. The topological polar surface area (TPSA) is 24.5 Å². The number of piperidine rings is 1. The van der Waals surface area contributed by atoms with Crippen LogP contribution in [-0.2, 0) is 4.74 Å². The molecule has 0 radical (unpaired) electrons. The monoisotopic (exact) mass is 234 g/mol. The summed E-state index contributed by atoms with van der Waals surface area (Å²) in [5.41, 5.74) is 0. The molecule has 2 fully saturated rings. The summed E-state index contributed by atoms with van der Waals surface area (Å²) in [5.74, 6) is 0.739. The van der Waals surface area contributed by atoms with Crippen LogP contribution < -0.4 is 5.32 Å². The molecule has 2 aliphatic rings. The molecule has 0 spiro atoms. The molecule has 0 amide bonds. The molecular weight excluding hydrogens is 212 g/mol. The van der Waals surface area contributed by atoms with Gasteiger partial charge in [-0.15, -0.1) is 12.4 Å². The van der Waals surface area contributed by atoms with Crippen molar-refractivity contribution in [2.45, 2.75) is 39.0 Å². The van der Waals surface area contributed by atoms with E-state index in [2.05, 4.69) is 24.1 Å². The van der Waals surface area contributed by atoms with E-state index in [1.807, 2.05) is 0 Å². The first-order chi connectivity index (χ1) is 6.79. The van der Waals surface area contributed by atoms with Crippen LogP contribution in [0.15, 0.2) is 0 Å². The van der Waals surface area contributed by atoms with Crippen LogP contribution in [0.1, 0.15) is 26.7 Å². The summed E-state index contributed by atoms with van der Waals surface area (Å²) in [5, 5.41) is 3.52. The predicted molar refractivity (Wildman–Crippen MR) is 64.4 cm³/mol. The zero-order chi connectivity index (χ0) is 9.97. The maximum atomic E-state index is 5.74. The smallest absolute Gasteiger partial charge is 0.111 e. The lowest BCUT2D eigenvalue weighted by atomic mass is 9.95. The van der Waals surface area contributed by atoms with Crippen LogP contribution in [0, 0.1) is 5.92 Å². The molecule has 2 saturated heterocycles. The van der Waals surface area contributed by atoms with Crippen molar-refractivity contribution in [1.29, 1.82) is 0 Å². The fourth-order valence-corrected chi connectivity index (χ4v) is 2.47. The van der Waals surface area contributed by atoms with Crippen molar-refractivity contribution in [3.05, 3.63) is 0 Å². The van der Waals surface area contributed by atoms with Crippen molar-refractivity contribution in [3.8, 4) is 0 Å². The van der Waals surface area contributed by atoms with E-state index in [9.17, 15) is 0 Å². The average molecular weight is 235 g/mol. The fourth-order valence-electron chi connectivity index (χ4n) is 2.47. The standard InChI is InChI=1S/C11H22N2O.ClH/c1-3-13-6-4-10(5-7-13)11-12-9(2)8-14-11;/h9-12H,3-8H2,1-2H3;1H. The second-order valence-electron chi connectivity index (χ2n) is 4.59. The number of likely N-dealkylation sites (tertiary alicyclic amines) is 1. The first kappa shape index (κ1) is 13.2. The second kappa shape index (κ2) is 6.04. The summed E-state index contributed by atoms with van der Waals surface area (Å²) >= 11 is 0. The lowest BCUT2D eigenvalue weighted by Crippen LogP contribution is -2.42. The quantitative estimate of drug-likeness (QED) is 0.784. The molecule has 0 aromatic carbocycles. The van der Waals surface area contributed by atoms with Gasteiger partial charge in [0, 0.05) is 12.0 Å². The third-order valence-electron chi connectivity index (χ3n) is 3.48. The fraction of sp³-hybridized carbons (Fsp3) is 1.00. The van der Waals surface area contributed by atoms with E-state index in [0.717, 1.165) is 12.5 Å². The van der Waals surface area contributed by atoms with Gasteiger partial charge in [-0.05, 0) is 39.4 Å². The Bertz CT molecular complexity index is 183. The summed E-state index contributed by atoms with van der Waals surface area (Å²) in [6, 6.07) is 0.546. The summed E-state index contributed by atoms with van der Waals surface area (Å²) in [4.78, 5) is 2.52. The van der Waals surface area contributed by atoms with Gasteiger partial charge in [-0.3, -0.25) is 5.32 Å². The van der Waals surface area contributed by atoms with Crippen molar-refractivity contribution in [2.75, 3.05) is 26.2 Å². The van der Waals surface area contributed by atoms with Gasteiger partial charge in [0.15, 0.2) is 0 Å². The Morgan fingerprint density at radius 3 is 2.47 bits per heavy atom. The van der Waals surface area contributed by atoms with E-state index in [-0.39, 0.29) is 12.4 Å². The number of hydrogen-bond donors (Lipinski definition) is 1. The van der Waals surface area contributed by atoms with Crippen LogP contribution in [0.5, 0.6) is 0 Å². The molecule has 0 aromatic heterocycles. The average Bonchev–Trinajstić information content (AvgIpc) is 2.65. The molecule has 2 unspecified atom stereocenters. The van der Waals surface area contributed by atoms with E-state index in [1.54, 1.807) is 0 Å².